The van der Waals surface area contributed by atoms with Gasteiger partial charge >= 0.3 is 0 Å². The van der Waals surface area contributed by atoms with Gasteiger partial charge in [-0.1, -0.05) is 123 Å². The Hall–Kier alpha value is -4.02. The number of rotatable bonds is 7. The predicted octanol–water partition coefficient (Wildman–Crippen LogP) is 16.6. The van der Waals surface area contributed by atoms with Crippen LogP contribution < -0.4 is 0 Å². The molecule has 0 aliphatic heterocycles. The topological polar surface area (TPSA) is 53.4 Å². The van der Waals surface area contributed by atoms with Gasteiger partial charge in [0.25, 0.3) is 0 Å². The highest BCUT2D eigenvalue weighted by Gasteiger charge is 2.54. The van der Waals surface area contributed by atoms with Crippen molar-refractivity contribution in [1.29, 1.82) is 0 Å². The molecule has 0 saturated heterocycles. The summed E-state index contributed by atoms with van der Waals surface area (Å²) in [5, 5.41) is 25.6. The molecule has 2 N–H and O–H groups in total. The van der Waals surface area contributed by atoms with Gasteiger partial charge in [-0.3, -0.25) is 0 Å². The van der Waals surface area contributed by atoms with Crippen LogP contribution in [0.4, 0.5) is 0 Å². The molecule has 0 radical (unpaired) electrons. The Morgan fingerprint density at radius 2 is 0.769 bits per heavy atom. The number of phenolic OH excluding ortho intramolecular Hbond substituents is 2. The molecule has 8 aliphatic carbocycles. The summed E-state index contributed by atoms with van der Waals surface area (Å²) in [5.74, 6) is 5.64. The van der Waals surface area contributed by atoms with E-state index in [1.807, 2.05) is 11.8 Å². The maximum absolute atomic E-state index is 12.8. The van der Waals surface area contributed by atoms with Gasteiger partial charge < -0.3 is 10.2 Å². The zero-order valence-electron chi connectivity index (χ0n) is 40.8. The lowest BCUT2D eigenvalue weighted by molar-refractivity contribution is -0.00631. The van der Waals surface area contributed by atoms with Gasteiger partial charge in [-0.25, -0.2) is 4.98 Å². The van der Waals surface area contributed by atoms with Crippen LogP contribution in [0.25, 0.3) is 44.8 Å². The van der Waals surface area contributed by atoms with E-state index in [0.717, 1.165) is 85.2 Å². The average molecular weight is 884 g/mol. The van der Waals surface area contributed by atoms with Crippen LogP contribution in [0.15, 0.2) is 89.8 Å². The van der Waals surface area contributed by atoms with Crippen LogP contribution in [0.1, 0.15) is 162 Å². The van der Waals surface area contributed by atoms with Gasteiger partial charge in [0.15, 0.2) is 0 Å². The lowest BCUT2D eigenvalue weighted by atomic mass is 9.47. The molecule has 1 heterocycles. The van der Waals surface area contributed by atoms with Crippen LogP contribution in [0.5, 0.6) is 11.5 Å². The average Bonchev–Trinajstić information content (AvgIpc) is 3.21. The first-order valence-corrected chi connectivity index (χ1v) is 26.2. The molecule has 4 heteroatoms. The van der Waals surface area contributed by atoms with Crippen molar-refractivity contribution in [3.63, 3.8) is 0 Å². The van der Waals surface area contributed by atoms with E-state index in [-0.39, 0.29) is 26.4 Å². The van der Waals surface area contributed by atoms with Crippen LogP contribution in [0.2, 0.25) is 0 Å². The molecule has 5 aromatic rings. The summed E-state index contributed by atoms with van der Waals surface area (Å²) in [6.07, 6.45) is 15.5. The summed E-state index contributed by atoms with van der Waals surface area (Å²) >= 11 is 1.87. The van der Waals surface area contributed by atoms with Gasteiger partial charge in [-0.15, -0.1) is 11.8 Å². The van der Waals surface area contributed by atoms with Crippen LogP contribution in [-0.2, 0) is 21.7 Å². The second-order valence-corrected chi connectivity index (χ2v) is 27.5. The van der Waals surface area contributed by atoms with Crippen LogP contribution in [-0.4, -0.2) is 19.9 Å². The molecule has 3 nitrogen and oxygen atoms in total. The molecule has 0 atom stereocenters. The fraction of sp³-hybridized carbons (Fsp3) is 0.525. The number of aromatic nitrogens is 1. The number of benzene rings is 4. The molecule has 0 spiro atoms. The van der Waals surface area contributed by atoms with Gasteiger partial charge in [0.05, 0.1) is 11.4 Å². The van der Waals surface area contributed by atoms with Crippen molar-refractivity contribution < 1.29 is 10.2 Å². The van der Waals surface area contributed by atoms with Gasteiger partial charge in [0.1, 0.15) is 11.5 Å². The first kappa shape index (κ1) is 43.5. The Morgan fingerprint density at radius 1 is 0.446 bits per heavy atom. The molecule has 8 saturated carbocycles. The number of phenols is 2. The van der Waals surface area contributed by atoms with E-state index in [0.29, 0.717) is 11.5 Å². The molecule has 4 aromatic carbocycles. The van der Waals surface area contributed by atoms with E-state index < -0.39 is 0 Å². The third-order valence-corrected chi connectivity index (χ3v) is 18.5. The van der Waals surface area contributed by atoms with Gasteiger partial charge in [0, 0.05) is 43.0 Å². The van der Waals surface area contributed by atoms with Gasteiger partial charge in [-0.05, 0) is 181 Å². The van der Waals surface area contributed by atoms with Crippen molar-refractivity contribution in [3.05, 3.63) is 107 Å². The molecule has 8 aliphatic rings. The Kier molecular flexibility index (Phi) is 10.2. The summed E-state index contributed by atoms with van der Waals surface area (Å²) in [6, 6.07) is 31.3. The van der Waals surface area contributed by atoms with Gasteiger partial charge in [-0.2, -0.15) is 0 Å². The van der Waals surface area contributed by atoms with E-state index in [9.17, 15) is 10.2 Å². The second-order valence-electron chi connectivity index (χ2n) is 25.6. The zero-order valence-corrected chi connectivity index (χ0v) is 41.6. The molecule has 0 amide bonds. The molecule has 8 bridgehead atoms. The number of hydrogen-bond donors (Lipinski definition) is 2. The molecule has 8 fully saturated rings. The summed E-state index contributed by atoms with van der Waals surface area (Å²) in [6.45, 7) is 20.7. The van der Waals surface area contributed by atoms with Crippen molar-refractivity contribution in [3.8, 4) is 56.3 Å². The Labute approximate surface area is 394 Å². The van der Waals surface area contributed by atoms with Crippen LogP contribution in [0.3, 0.4) is 0 Å². The lowest BCUT2D eigenvalue weighted by Gasteiger charge is -2.57. The Bertz CT molecular complexity index is 2440. The smallest absolute Gasteiger partial charge is 0.127 e. The van der Waals surface area contributed by atoms with Crippen LogP contribution in [0, 0.1) is 35.5 Å². The first-order chi connectivity index (χ1) is 30.7. The minimum atomic E-state index is -0.0851. The highest BCUT2D eigenvalue weighted by Crippen LogP contribution is 2.65. The van der Waals surface area contributed by atoms with Crippen molar-refractivity contribution in [1.82, 2.24) is 4.98 Å². The number of thioether (sulfide) groups is 1. The molecule has 0 unspecified atom stereocenters. The van der Waals surface area contributed by atoms with Crippen molar-refractivity contribution in [2.24, 2.45) is 35.5 Å². The number of aromatic hydroxyl groups is 2. The highest BCUT2D eigenvalue weighted by atomic mass is 32.2. The molecule has 65 heavy (non-hydrogen) atoms. The van der Waals surface area contributed by atoms with Crippen LogP contribution >= 0.6 is 11.8 Å². The fourth-order valence-electron chi connectivity index (χ4n) is 15.3. The normalized spacial score (nSPS) is 29.2. The SMILES string of the molecule is CC(C)(C)Sc1cc(-c2ccccc2-c2cc(C(C)(C)C)cc(C34CC5CC(CC(C5)C3)C4)c2O)nc(-c2ccccc2-c2cc(C(C)(C)C)cc(C34CC5CC(CC(C5)C3)C4)c2O)c1. The number of hydrogen-bond acceptors (Lipinski definition) is 4. The predicted molar refractivity (Wildman–Crippen MR) is 272 cm³/mol. The van der Waals surface area contributed by atoms with E-state index in [4.69, 9.17) is 4.98 Å². The fourth-order valence-corrected chi connectivity index (χ4v) is 16.4. The van der Waals surface area contributed by atoms with Gasteiger partial charge in [0.2, 0.25) is 0 Å². The summed E-state index contributed by atoms with van der Waals surface area (Å²) in [4.78, 5) is 6.81. The Morgan fingerprint density at radius 3 is 1.08 bits per heavy atom. The Balaban J connectivity index is 1.08. The molecular formula is C61H73NO2S. The summed E-state index contributed by atoms with van der Waals surface area (Å²) in [7, 11) is 0. The minimum Gasteiger partial charge on any atom is -0.507 e. The first-order valence-electron chi connectivity index (χ1n) is 25.4. The summed E-state index contributed by atoms with van der Waals surface area (Å²) in [5.41, 5.74) is 12.7. The van der Waals surface area contributed by atoms with Crippen molar-refractivity contribution >= 4 is 11.8 Å². The van der Waals surface area contributed by atoms with E-state index in [1.54, 1.807) is 0 Å². The van der Waals surface area contributed by atoms with Crippen molar-refractivity contribution in [2.75, 3.05) is 0 Å². The number of pyridine rings is 1. The van der Waals surface area contributed by atoms with E-state index in [2.05, 4.69) is 147 Å². The molecular weight excluding hydrogens is 811 g/mol. The lowest BCUT2D eigenvalue weighted by Crippen LogP contribution is -2.48. The van der Waals surface area contributed by atoms with E-state index >= 15 is 0 Å². The molecule has 340 valence electrons. The third kappa shape index (κ3) is 7.78. The largest absolute Gasteiger partial charge is 0.507 e. The van der Waals surface area contributed by atoms with Crippen molar-refractivity contribution in [2.45, 2.75) is 171 Å². The monoisotopic (exact) mass is 884 g/mol. The minimum absolute atomic E-state index is 0.0347. The molecule has 1 aromatic heterocycles. The summed E-state index contributed by atoms with van der Waals surface area (Å²) < 4.78 is -0.0347. The maximum atomic E-state index is 12.8. The second kappa shape index (κ2) is 15.2. The highest BCUT2D eigenvalue weighted by molar-refractivity contribution is 8.00. The molecule has 13 rings (SSSR count). The number of nitrogens with zero attached hydrogens (tertiary/aromatic N) is 1. The zero-order chi connectivity index (χ0) is 45.4. The standard InChI is InChI=1S/C61H73NO2S/c1-57(2,3)42-24-49(55(63)51(26-42)60-30-36-18-37(31-60)20-38(19-36)32-60)45-14-10-12-16-47(45)53-28-44(65-59(7,8)9)29-54(62-53)48-17-13-11-15-46(48)50-25-43(58(4,5)6)27-52(56(50)64)61-33-39-21-40(34-61)23-41(22-39)35-61/h10-17,24-29,36-41,63-64H,18-23,30-35H2,1-9H3. The third-order valence-electron chi connectivity index (χ3n) is 17.4. The quantitative estimate of drug-likeness (QED) is 0.160. The van der Waals surface area contributed by atoms with E-state index in [1.165, 1.54) is 99.3 Å². The maximum Gasteiger partial charge on any atom is 0.127 e.